The topological polar surface area (TPSA) is 83.2 Å². The van der Waals surface area contributed by atoms with Crippen LogP contribution in [0.25, 0.3) is 5.76 Å². The molecule has 0 radical (unpaired) electrons. The van der Waals surface area contributed by atoms with E-state index < -0.39 is 17.7 Å². The first-order chi connectivity index (χ1) is 13.8. The summed E-state index contributed by atoms with van der Waals surface area (Å²) in [7, 11) is 3.75. The van der Waals surface area contributed by atoms with Gasteiger partial charge in [-0.25, -0.2) is 0 Å². The molecular formula is C21H23ClN2O5. The fourth-order valence-electron chi connectivity index (χ4n) is 3.25. The second-order valence-electron chi connectivity index (χ2n) is 6.89. The van der Waals surface area contributed by atoms with Crippen LogP contribution < -0.4 is 4.74 Å². The molecule has 1 aliphatic rings. The van der Waals surface area contributed by atoms with Gasteiger partial charge < -0.3 is 24.1 Å². The number of hydrogen-bond acceptors (Lipinski definition) is 6. The highest BCUT2D eigenvalue weighted by atomic mass is 35.5. The maximum atomic E-state index is 12.9. The summed E-state index contributed by atoms with van der Waals surface area (Å²) in [5, 5.41) is 11.3. The number of likely N-dealkylation sites (tertiary alicyclic amines) is 1. The Kier molecular flexibility index (Phi) is 6.30. The minimum atomic E-state index is -0.836. The molecule has 0 bridgehead atoms. The van der Waals surface area contributed by atoms with Gasteiger partial charge in [-0.1, -0.05) is 11.6 Å². The van der Waals surface area contributed by atoms with E-state index in [9.17, 15) is 14.7 Å². The fraction of sp³-hybridized carbons (Fsp3) is 0.333. The number of nitrogens with zero attached hydrogens (tertiary/aromatic N) is 2. The second-order valence-corrected chi connectivity index (χ2v) is 7.29. The van der Waals surface area contributed by atoms with Crippen LogP contribution in [0.4, 0.5) is 0 Å². The lowest BCUT2D eigenvalue weighted by molar-refractivity contribution is -0.140. The molecule has 1 aliphatic heterocycles. The van der Waals surface area contributed by atoms with Crippen molar-refractivity contribution in [2.45, 2.75) is 13.0 Å². The lowest BCUT2D eigenvalue weighted by atomic mass is 9.99. The van der Waals surface area contributed by atoms with E-state index in [2.05, 4.69) is 0 Å². The average molecular weight is 419 g/mol. The summed E-state index contributed by atoms with van der Waals surface area (Å²) in [6.07, 6.45) is 1.46. The minimum Gasteiger partial charge on any atom is -0.507 e. The van der Waals surface area contributed by atoms with Crippen LogP contribution >= 0.6 is 11.6 Å². The summed E-state index contributed by atoms with van der Waals surface area (Å²) < 4.78 is 11.0. The van der Waals surface area contributed by atoms with Crippen molar-refractivity contribution in [1.29, 1.82) is 0 Å². The molecule has 1 amide bonds. The van der Waals surface area contributed by atoms with Crippen molar-refractivity contribution in [3.63, 3.8) is 0 Å². The normalized spacial score (nSPS) is 18.7. The Morgan fingerprint density at radius 1 is 1.31 bits per heavy atom. The standard InChI is InChI=1S/C21H23ClN2O5/c1-4-28-13-7-8-15(22)14(12-13)19(25)17-18(16-6-5-11-29-16)24(10-9-23(2)3)21(27)20(17)26/h5-8,11-12,18,25H,4,9-10H2,1-3H3/b19-17-. The quantitative estimate of drug-likeness (QED) is 0.422. The first kappa shape index (κ1) is 21.0. The van der Waals surface area contributed by atoms with Crippen molar-refractivity contribution < 1.29 is 23.8 Å². The van der Waals surface area contributed by atoms with E-state index in [0.29, 0.717) is 31.2 Å². The number of amides is 1. The first-order valence-corrected chi connectivity index (χ1v) is 9.62. The summed E-state index contributed by atoms with van der Waals surface area (Å²) in [5.74, 6) is -0.937. The van der Waals surface area contributed by atoms with Gasteiger partial charge in [0.15, 0.2) is 0 Å². The van der Waals surface area contributed by atoms with Gasteiger partial charge in [0.1, 0.15) is 23.3 Å². The van der Waals surface area contributed by atoms with Gasteiger partial charge in [0, 0.05) is 18.7 Å². The molecule has 8 heteroatoms. The van der Waals surface area contributed by atoms with E-state index in [1.165, 1.54) is 11.2 Å². The van der Waals surface area contributed by atoms with E-state index in [-0.39, 0.29) is 21.9 Å². The zero-order valence-electron chi connectivity index (χ0n) is 16.5. The largest absolute Gasteiger partial charge is 0.507 e. The number of Topliss-reactive ketones (excluding diaryl/α,β-unsaturated/α-hetero) is 1. The van der Waals surface area contributed by atoms with Gasteiger partial charge in [0.25, 0.3) is 11.7 Å². The van der Waals surface area contributed by atoms with Gasteiger partial charge >= 0.3 is 0 Å². The number of likely N-dealkylation sites (N-methyl/N-ethyl adjacent to an activating group) is 1. The smallest absolute Gasteiger partial charge is 0.295 e. The molecule has 0 saturated carbocycles. The SMILES string of the molecule is CCOc1ccc(Cl)c(/C(O)=C2/C(=O)C(=O)N(CCN(C)C)C2c2ccco2)c1. The predicted octanol–water partition coefficient (Wildman–Crippen LogP) is 3.32. The summed E-state index contributed by atoms with van der Waals surface area (Å²) in [4.78, 5) is 28.9. The van der Waals surface area contributed by atoms with Crippen LogP contribution in [0.5, 0.6) is 5.75 Å². The summed E-state index contributed by atoms with van der Waals surface area (Å²) in [5.41, 5.74) is 0.166. The molecule has 2 aromatic rings. The maximum Gasteiger partial charge on any atom is 0.295 e. The summed E-state index contributed by atoms with van der Waals surface area (Å²) in [6, 6.07) is 7.30. The molecule has 0 aliphatic carbocycles. The van der Waals surface area contributed by atoms with Crippen LogP contribution in [0.1, 0.15) is 24.3 Å². The second kappa shape index (κ2) is 8.71. The lowest BCUT2D eigenvalue weighted by Gasteiger charge is -2.24. The predicted molar refractivity (Wildman–Crippen MR) is 109 cm³/mol. The number of furan rings is 1. The number of aliphatic hydroxyl groups excluding tert-OH is 1. The molecule has 1 aromatic heterocycles. The van der Waals surface area contributed by atoms with Crippen LogP contribution in [0.3, 0.4) is 0 Å². The summed E-state index contributed by atoms with van der Waals surface area (Å²) in [6.45, 7) is 3.11. The third-order valence-corrected chi connectivity index (χ3v) is 4.97. The molecule has 0 spiro atoms. The van der Waals surface area contributed by atoms with Crippen molar-refractivity contribution in [1.82, 2.24) is 9.80 Å². The number of ether oxygens (including phenoxy) is 1. The highest BCUT2D eigenvalue weighted by Crippen LogP contribution is 2.41. The molecule has 3 rings (SSSR count). The van der Waals surface area contributed by atoms with Gasteiger partial charge in [-0.2, -0.15) is 0 Å². The van der Waals surface area contributed by atoms with Crippen LogP contribution in [0, 0.1) is 0 Å². The third kappa shape index (κ3) is 4.16. The molecule has 1 aromatic carbocycles. The number of aliphatic hydroxyl groups is 1. The van der Waals surface area contributed by atoms with E-state index in [1.807, 2.05) is 25.9 Å². The van der Waals surface area contributed by atoms with Crippen molar-refractivity contribution in [2.24, 2.45) is 0 Å². The van der Waals surface area contributed by atoms with Crippen molar-refractivity contribution >= 4 is 29.1 Å². The third-order valence-electron chi connectivity index (χ3n) is 4.64. The monoisotopic (exact) mass is 418 g/mol. The fourth-order valence-corrected chi connectivity index (χ4v) is 3.46. The summed E-state index contributed by atoms with van der Waals surface area (Å²) >= 11 is 6.28. The Morgan fingerprint density at radius 2 is 2.07 bits per heavy atom. The molecule has 1 atom stereocenters. The van der Waals surface area contributed by atoms with Crippen molar-refractivity contribution in [3.8, 4) is 5.75 Å². The van der Waals surface area contributed by atoms with Gasteiger partial charge in [0.05, 0.1) is 23.5 Å². The van der Waals surface area contributed by atoms with Crippen LogP contribution in [-0.2, 0) is 9.59 Å². The Morgan fingerprint density at radius 3 is 2.69 bits per heavy atom. The molecule has 2 heterocycles. The zero-order chi connectivity index (χ0) is 21.1. The molecule has 29 heavy (non-hydrogen) atoms. The van der Waals surface area contributed by atoms with Crippen molar-refractivity contribution in [2.75, 3.05) is 33.8 Å². The maximum absolute atomic E-state index is 12.9. The minimum absolute atomic E-state index is 0.0562. The number of ketones is 1. The van der Waals surface area contributed by atoms with Gasteiger partial charge in [-0.15, -0.1) is 0 Å². The number of halogens is 1. The Hall–Kier alpha value is -2.77. The van der Waals surface area contributed by atoms with Gasteiger partial charge in [-0.05, 0) is 51.4 Å². The Bertz CT molecular complexity index is 937. The number of benzene rings is 1. The Labute approximate surface area is 174 Å². The van der Waals surface area contributed by atoms with Gasteiger partial charge in [-0.3, -0.25) is 9.59 Å². The number of hydrogen-bond donors (Lipinski definition) is 1. The van der Waals surface area contributed by atoms with E-state index in [0.717, 1.165) is 0 Å². The number of carbonyl (C=O) groups excluding carboxylic acids is 2. The molecule has 1 N–H and O–H groups in total. The van der Waals surface area contributed by atoms with E-state index >= 15 is 0 Å². The van der Waals surface area contributed by atoms with Crippen molar-refractivity contribution in [3.05, 3.63) is 58.5 Å². The van der Waals surface area contributed by atoms with E-state index in [4.69, 9.17) is 20.8 Å². The number of carbonyl (C=O) groups is 2. The molecular weight excluding hydrogens is 396 g/mol. The van der Waals surface area contributed by atoms with Crippen LogP contribution in [0.2, 0.25) is 5.02 Å². The van der Waals surface area contributed by atoms with Gasteiger partial charge in [0.2, 0.25) is 0 Å². The highest BCUT2D eigenvalue weighted by molar-refractivity contribution is 6.46. The molecule has 7 nitrogen and oxygen atoms in total. The molecule has 1 fully saturated rings. The lowest BCUT2D eigenvalue weighted by Crippen LogP contribution is -2.35. The molecule has 1 saturated heterocycles. The Balaban J connectivity index is 2.13. The van der Waals surface area contributed by atoms with Crippen LogP contribution in [0.15, 0.2) is 46.6 Å². The highest BCUT2D eigenvalue weighted by Gasteiger charge is 2.47. The molecule has 1 unspecified atom stereocenters. The average Bonchev–Trinajstić information content (AvgIpc) is 3.29. The molecule has 154 valence electrons. The van der Waals surface area contributed by atoms with E-state index in [1.54, 1.807) is 30.3 Å². The van der Waals surface area contributed by atoms with Crippen LogP contribution in [-0.4, -0.2) is 60.4 Å². The first-order valence-electron chi connectivity index (χ1n) is 9.24. The zero-order valence-corrected chi connectivity index (χ0v) is 17.3. The number of rotatable bonds is 7.